The van der Waals surface area contributed by atoms with E-state index in [0.717, 1.165) is 16.8 Å². The van der Waals surface area contributed by atoms with Gasteiger partial charge in [0.1, 0.15) is 0 Å². The zero-order chi connectivity index (χ0) is 17.7. The molecule has 24 heavy (non-hydrogen) atoms. The fourth-order valence-electron chi connectivity index (χ4n) is 2.58. The van der Waals surface area contributed by atoms with E-state index in [9.17, 15) is 9.59 Å². The van der Waals surface area contributed by atoms with E-state index in [2.05, 4.69) is 5.32 Å². The normalized spacial score (nSPS) is 11.6. The van der Waals surface area contributed by atoms with Crippen LogP contribution in [0.15, 0.2) is 48.5 Å². The van der Waals surface area contributed by atoms with Gasteiger partial charge in [-0.2, -0.15) is 0 Å². The van der Waals surface area contributed by atoms with E-state index < -0.39 is 5.97 Å². The van der Waals surface area contributed by atoms with Crippen molar-refractivity contribution in [2.75, 3.05) is 19.0 Å². The van der Waals surface area contributed by atoms with E-state index in [4.69, 9.17) is 5.11 Å². The van der Waals surface area contributed by atoms with Gasteiger partial charge < -0.3 is 15.3 Å². The first kappa shape index (κ1) is 17.5. The molecule has 0 spiro atoms. The Morgan fingerprint density at radius 3 is 2.29 bits per heavy atom. The van der Waals surface area contributed by atoms with E-state index in [0.29, 0.717) is 0 Å². The van der Waals surface area contributed by atoms with Gasteiger partial charge in [0.2, 0.25) is 5.91 Å². The SMILES string of the molecule is C[C@H](NC(=O)Cc1ccc(C(=O)O)cc1)c1ccccc1N(C)C. The van der Waals surface area contributed by atoms with Crippen LogP contribution in [0.5, 0.6) is 0 Å². The second-order valence-electron chi connectivity index (χ2n) is 5.92. The molecule has 126 valence electrons. The van der Waals surface area contributed by atoms with Crippen molar-refractivity contribution in [3.63, 3.8) is 0 Å². The molecule has 2 aromatic rings. The number of carbonyl (C=O) groups is 2. The van der Waals surface area contributed by atoms with Crippen molar-refractivity contribution >= 4 is 17.6 Å². The third-order valence-corrected chi connectivity index (χ3v) is 3.83. The Morgan fingerprint density at radius 1 is 1.08 bits per heavy atom. The van der Waals surface area contributed by atoms with Gasteiger partial charge in [0, 0.05) is 19.8 Å². The van der Waals surface area contributed by atoms with Crippen LogP contribution in [0.1, 0.15) is 34.5 Å². The van der Waals surface area contributed by atoms with E-state index >= 15 is 0 Å². The zero-order valence-corrected chi connectivity index (χ0v) is 14.1. The standard InChI is InChI=1S/C19H22N2O3/c1-13(16-6-4-5-7-17(16)21(2)3)20-18(22)12-14-8-10-15(11-9-14)19(23)24/h4-11,13H,12H2,1-3H3,(H,20,22)(H,23,24)/t13-/m0/s1. The first-order chi connectivity index (χ1) is 11.4. The molecule has 0 heterocycles. The number of carbonyl (C=O) groups excluding carboxylic acids is 1. The summed E-state index contributed by atoms with van der Waals surface area (Å²) in [6, 6.07) is 14.2. The maximum absolute atomic E-state index is 12.3. The first-order valence-electron chi connectivity index (χ1n) is 7.76. The highest BCUT2D eigenvalue weighted by atomic mass is 16.4. The fraction of sp³-hybridized carbons (Fsp3) is 0.263. The van der Waals surface area contributed by atoms with Crippen LogP contribution in [0.2, 0.25) is 0 Å². The Kier molecular flexibility index (Phi) is 5.58. The molecule has 0 aliphatic rings. The lowest BCUT2D eigenvalue weighted by atomic mass is 10.0. The number of nitrogens with one attached hydrogen (secondary N) is 1. The summed E-state index contributed by atoms with van der Waals surface area (Å²) >= 11 is 0. The fourth-order valence-corrected chi connectivity index (χ4v) is 2.58. The minimum Gasteiger partial charge on any atom is -0.478 e. The predicted molar refractivity (Wildman–Crippen MR) is 94.4 cm³/mol. The van der Waals surface area contributed by atoms with E-state index in [1.165, 1.54) is 12.1 Å². The van der Waals surface area contributed by atoms with Crippen LogP contribution in [-0.2, 0) is 11.2 Å². The highest BCUT2D eigenvalue weighted by Gasteiger charge is 2.14. The van der Waals surface area contributed by atoms with Crippen LogP contribution >= 0.6 is 0 Å². The van der Waals surface area contributed by atoms with E-state index in [1.807, 2.05) is 50.2 Å². The molecule has 5 nitrogen and oxygen atoms in total. The van der Waals surface area contributed by atoms with Crippen LogP contribution in [0.4, 0.5) is 5.69 Å². The number of aromatic carboxylic acids is 1. The average Bonchev–Trinajstić information content (AvgIpc) is 2.55. The largest absolute Gasteiger partial charge is 0.478 e. The van der Waals surface area contributed by atoms with Crippen molar-refractivity contribution in [1.29, 1.82) is 0 Å². The molecule has 1 amide bonds. The lowest BCUT2D eigenvalue weighted by Gasteiger charge is -2.22. The van der Waals surface area contributed by atoms with Crippen LogP contribution in [0.25, 0.3) is 0 Å². The topological polar surface area (TPSA) is 69.6 Å². The Labute approximate surface area is 141 Å². The second-order valence-corrected chi connectivity index (χ2v) is 5.92. The number of amides is 1. The summed E-state index contributed by atoms with van der Waals surface area (Å²) < 4.78 is 0. The number of benzene rings is 2. The van der Waals surface area contributed by atoms with Crippen LogP contribution in [-0.4, -0.2) is 31.1 Å². The summed E-state index contributed by atoms with van der Waals surface area (Å²) in [5.74, 6) is -1.07. The van der Waals surface area contributed by atoms with Gasteiger partial charge in [0.05, 0.1) is 18.0 Å². The highest BCUT2D eigenvalue weighted by Crippen LogP contribution is 2.24. The van der Waals surface area contributed by atoms with Gasteiger partial charge >= 0.3 is 5.97 Å². The number of carboxylic acids is 1. The number of para-hydroxylation sites is 1. The van der Waals surface area contributed by atoms with Gasteiger partial charge in [0.15, 0.2) is 0 Å². The van der Waals surface area contributed by atoms with Crippen LogP contribution < -0.4 is 10.2 Å². The van der Waals surface area contributed by atoms with Crippen molar-refractivity contribution in [1.82, 2.24) is 5.32 Å². The molecule has 0 saturated carbocycles. The molecule has 0 aliphatic carbocycles. The van der Waals surface area contributed by atoms with E-state index in [1.54, 1.807) is 12.1 Å². The molecule has 2 aromatic carbocycles. The lowest BCUT2D eigenvalue weighted by molar-refractivity contribution is -0.121. The molecular weight excluding hydrogens is 304 g/mol. The Hall–Kier alpha value is -2.82. The third kappa shape index (κ3) is 4.35. The van der Waals surface area contributed by atoms with Crippen molar-refractivity contribution in [2.45, 2.75) is 19.4 Å². The van der Waals surface area contributed by atoms with Crippen molar-refractivity contribution in [3.8, 4) is 0 Å². The lowest BCUT2D eigenvalue weighted by Crippen LogP contribution is -2.29. The molecule has 2 rings (SSSR count). The minimum absolute atomic E-state index is 0.0980. The zero-order valence-electron chi connectivity index (χ0n) is 14.1. The molecule has 0 saturated heterocycles. The quantitative estimate of drug-likeness (QED) is 0.856. The molecule has 0 radical (unpaired) electrons. The van der Waals surface area contributed by atoms with Gasteiger partial charge in [-0.1, -0.05) is 30.3 Å². The van der Waals surface area contributed by atoms with Crippen LogP contribution in [0, 0.1) is 0 Å². The first-order valence-corrected chi connectivity index (χ1v) is 7.76. The molecule has 0 unspecified atom stereocenters. The Morgan fingerprint density at radius 2 is 1.71 bits per heavy atom. The highest BCUT2D eigenvalue weighted by molar-refractivity contribution is 5.87. The molecule has 0 fully saturated rings. The number of nitrogens with zero attached hydrogens (tertiary/aromatic N) is 1. The summed E-state index contributed by atoms with van der Waals surface area (Å²) in [5.41, 5.74) is 3.12. The average molecular weight is 326 g/mol. The van der Waals surface area contributed by atoms with Gasteiger partial charge in [-0.05, 0) is 36.2 Å². The smallest absolute Gasteiger partial charge is 0.335 e. The molecular formula is C19H22N2O3. The summed E-state index contributed by atoms with van der Waals surface area (Å²) in [6.45, 7) is 1.95. The Balaban J connectivity index is 2.03. The minimum atomic E-state index is -0.972. The molecule has 0 bridgehead atoms. The number of rotatable bonds is 6. The molecule has 0 aromatic heterocycles. The van der Waals surface area contributed by atoms with Crippen molar-refractivity contribution in [2.24, 2.45) is 0 Å². The van der Waals surface area contributed by atoms with Gasteiger partial charge in [-0.15, -0.1) is 0 Å². The van der Waals surface area contributed by atoms with Crippen LogP contribution in [0.3, 0.4) is 0 Å². The molecule has 2 N–H and O–H groups in total. The van der Waals surface area contributed by atoms with Gasteiger partial charge in [0.25, 0.3) is 0 Å². The number of carboxylic acid groups (broad SMARTS) is 1. The summed E-state index contributed by atoms with van der Waals surface area (Å²) in [5, 5.41) is 11.9. The van der Waals surface area contributed by atoms with Gasteiger partial charge in [-0.3, -0.25) is 4.79 Å². The molecule has 5 heteroatoms. The Bertz CT molecular complexity index is 724. The predicted octanol–water partition coefficient (Wildman–Crippen LogP) is 2.87. The van der Waals surface area contributed by atoms with Gasteiger partial charge in [-0.25, -0.2) is 4.79 Å². The summed E-state index contributed by atoms with van der Waals surface area (Å²) in [7, 11) is 3.94. The number of anilines is 1. The molecule has 0 aliphatic heterocycles. The summed E-state index contributed by atoms with van der Waals surface area (Å²) in [6.07, 6.45) is 0.217. The summed E-state index contributed by atoms with van der Waals surface area (Å²) in [4.78, 5) is 25.1. The maximum atomic E-state index is 12.3. The number of hydrogen-bond donors (Lipinski definition) is 2. The van der Waals surface area contributed by atoms with E-state index in [-0.39, 0.29) is 23.9 Å². The van der Waals surface area contributed by atoms with Crippen molar-refractivity contribution in [3.05, 3.63) is 65.2 Å². The maximum Gasteiger partial charge on any atom is 0.335 e. The monoisotopic (exact) mass is 326 g/mol. The van der Waals surface area contributed by atoms with Crippen molar-refractivity contribution < 1.29 is 14.7 Å². The molecule has 1 atom stereocenters. The number of hydrogen-bond acceptors (Lipinski definition) is 3. The third-order valence-electron chi connectivity index (χ3n) is 3.83. The second kappa shape index (κ2) is 7.64.